The summed E-state index contributed by atoms with van der Waals surface area (Å²) in [6.07, 6.45) is 0. The number of benzene rings is 1. The van der Waals surface area contributed by atoms with Crippen LogP contribution in [-0.2, 0) is 11.3 Å². The highest BCUT2D eigenvalue weighted by atomic mass is 16.4. The van der Waals surface area contributed by atoms with Gasteiger partial charge in [-0.3, -0.25) is 9.69 Å². The number of likely N-dealkylation sites (N-methyl/N-ethyl adjacent to an activating group) is 1. The Labute approximate surface area is 143 Å². The van der Waals surface area contributed by atoms with Crippen LogP contribution in [0.5, 0.6) is 0 Å². The minimum Gasteiger partial charge on any atom is -0.480 e. The van der Waals surface area contributed by atoms with Crippen molar-refractivity contribution in [2.24, 2.45) is 5.92 Å². The van der Waals surface area contributed by atoms with Crippen molar-refractivity contribution in [3.63, 3.8) is 0 Å². The lowest BCUT2D eigenvalue weighted by Gasteiger charge is -2.32. The van der Waals surface area contributed by atoms with Crippen LogP contribution in [0.1, 0.15) is 29.8 Å². The summed E-state index contributed by atoms with van der Waals surface area (Å²) < 4.78 is 0. The molecule has 6 heteroatoms. The number of nitrogens with one attached hydrogen (secondary N) is 1. The molecule has 0 aliphatic carbocycles. The third kappa shape index (κ3) is 5.04. The lowest BCUT2D eigenvalue weighted by Crippen LogP contribution is -2.44. The van der Waals surface area contributed by atoms with Crippen LogP contribution in [0.25, 0.3) is 0 Å². The van der Waals surface area contributed by atoms with E-state index in [1.54, 1.807) is 26.0 Å². The van der Waals surface area contributed by atoms with Crippen LogP contribution in [0, 0.1) is 5.92 Å². The number of carboxylic acids is 1. The number of aliphatic carboxylic acids is 1. The zero-order valence-corrected chi connectivity index (χ0v) is 14.7. The molecule has 132 valence electrons. The molecule has 1 fully saturated rings. The van der Waals surface area contributed by atoms with Gasteiger partial charge in [-0.15, -0.1) is 0 Å². The summed E-state index contributed by atoms with van der Waals surface area (Å²) in [5.74, 6) is -1.52. The first-order chi connectivity index (χ1) is 11.4. The van der Waals surface area contributed by atoms with E-state index in [1.807, 2.05) is 12.1 Å². The first-order valence-corrected chi connectivity index (χ1v) is 8.40. The highest BCUT2D eigenvalue weighted by Gasteiger charge is 2.24. The van der Waals surface area contributed by atoms with Crippen LogP contribution in [0.3, 0.4) is 0 Å². The van der Waals surface area contributed by atoms with Crippen LogP contribution in [-0.4, -0.2) is 66.1 Å². The van der Waals surface area contributed by atoms with Gasteiger partial charge in [0.05, 0.1) is 0 Å². The maximum absolute atomic E-state index is 12.2. The van der Waals surface area contributed by atoms with Gasteiger partial charge >= 0.3 is 5.97 Å². The van der Waals surface area contributed by atoms with Crippen molar-refractivity contribution < 1.29 is 14.7 Å². The summed E-state index contributed by atoms with van der Waals surface area (Å²) in [6.45, 7) is 8.68. The van der Waals surface area contributed by atoms with E-state index in [0.717, 1.165) is 38.3 Å². The Hall–Kier alpha value is -1.92. The summed E-state index contributed by atoms with van der Waals surface area (Å²) in [6, 6.07) is 6.54. The predicted octanol–water partition coefficient (Wildman–Crippen LogP) is 1.27. The Morgan fingerprint density at radius 2 is 1.71 bits per heavy atom. The Kier molecular flexibility index (Phi) is 6.34. The van der Waals surface area contributed by atoms with E-state index in [0.29, 0.717) is 5.56 Å². The summed E-state index contributed by atoms with van der Waals surface area (Å²) in [4.78, 5) is 28.1. The smallest absolute Gasteiger partial charge is 0.326 e. The van der Waals surface area contributed by atoms with Gasteiger partial charge < -0.3 is 15.3 Å². The van der Waals surface area contributed by atoms with Gasteiger partial charge in [-0.05, 0) is 30.7 Å². The third-order valence-corrected chi connectivity index (χ3v) is 4.44. The van der Waals surface area contributed by atoms with Gasteiger partial charge in [-0.1, -0.05) is 26.0 Å². The molecule has 6 nitrogen and oxygen atoms in total. The van der Waals surface area contributed by atoms with Crippen molar-refractivity contribution in [2.45, 2.75) is 26.4 Å². The van der Waals surface area contributed by atoms with Gasteiger partial charge in [0.1, 0.15) is 6.04 Å². The van der Waals surface area contributed by atoms with E-state index in [-0.39, 0.29) is 11.8 Å². The molecule has 0 radical (unpaired) electrons. The average Bonchev–Trinajstić information content (AvgIpc) is 2.54. The highest BCUT2D eigenvalue weighted by molar-refractivity contribution is 5.96. The molecule has 0 aromatic heterocycles. The molecule has 1 aliphatic heterocycles. The van der Waals surface area contributed by atoms with E-state index in [1.165, 1.54) is 0 Å². The molecule has 0 spiro atoms. The van der Waals surface area contributed by atoms with Gasteiger partial charge in [-0.2, -0.15) is 0 Å². The average molecular weight is 333 g/mol. The lowest BCUT2D eigenvalue weighted by atomic mass is 10.0. The van der Waals surface area contributed by atoms with E-state index in [4.69, 9.17) is 5.11 Å². The number of rotatable bonds is 6. The third-order valence-electron chi connectivity index (χ3n) is 4.44. The van der Waals surface area contributed by atoms with Gasteiger partial charge in [0.2, 0.25) is 0 Å². The molecule has 1 aromatic rings. The van der Waals surface area contributed by atoms with Crippen LogP contribution in [0.15, 0.2) is 24.3 Å². The summed E-state index contributed by atoms with van der Waals surface area (Å²) in [5, 5.41) is 11.7. The minimum absolute atomic E-state index is 0.164. The van der Waals surface area contributed by atoms with Gasteiger partial charge in [0.15, 0.2) is 0 Å². The number of nitrogens with zero attached hydrogens (tertiary/aromatic N) is 2. The first kappa shape index (κ1) is 18.4. The maximum Gasteiger partial charge on any atom is 0.326 e. The first-order valence-electron chi connectivity index (χ1n) is 8.40. The molecule has 1 aliphatic rings. The number of piperazine rings is 1. The molecule has 2 rings (SSSR count). The number of hydrogen-bond acceptors (Lipinski definition) is 4. The zero-order valence-electron chi connectivity index (χ0n) is 14.7. The largest absolute Gasteiger partial charge is 0.480 e. The molecular weight excluding hydrogens is 306 g/mol. The maximum atomic E-state index is 12.2. The minimum atomic E-state index is -1.01. The molecule has 0 bridgehead atoms. The second-order valence-electron chi connectivity index (χ2n) is 6.81. The second-order valence-corrected chi connectivity index (χ2v) is 6.81. The van der Waals surface area contributed by atoms with E-state index in [2.05, 4.69) is 22.2 Å². The van der Waals surface area contributed by atoms with Crippen molar-refractivity contribution >= 4 is 11.9 Å². The quantitative estimate of drug-likeness (QED) is 0.820. The predicted molar refractivity (Wildman–Crippen MR) is 92.9 cm³/mol. The van der Waals surface area contributed by atoms with Gasteiger partial charge in [0, 0.05) is 38.3 Å². The lowest BCUT2D eigenvalue weighted by molar-refractivity contribution is -0.140. The molecule has 1 atom stereocenters. The molecular formula is C18H27N3O3. The summed E-state index contributed by atoms with van der Waals surface area (Å²) in [5.41, 5.74) is 1.65. The normalized spacial score (nSPS) is 17.7. The zero-order chi connectivity index (χ0) is 17.7. The monoisotopic (exact) mass is 333 g/mol. The number of hydrogen-bond donors (Lipinski definition) is 2. The number of carbonyl (C=O) groups excluding carboxylic acids is 1. The fraction of sp³-hybridized carbons (Fsp3) is 0.556. The standard InChI is InChI=1S/C18H27N3O3/c1-13(2)16(18(23)24)19-17(22)15-6-4-14(5-7-15)12-21-10-8-20(3)9-11-21/h4-7,13,16H,8-12H2,1-3H3,(H,19,22)(H,23,24)/t16-/m1/s1. The van der Waals surface area contributed by atoms with Crippen LogP contribution < -0.4 is 5.32 Å². The molecule has 0 saturated carbocycles. The van der Waals surface area contributed by atoms with Crippen molar-refractivity contribution in [1.82, 2.24) is 15.1 Å². The molecule has 1 saturated heterocycles. The molecule has 1 aromatic carbocycles. The Balaban J connectivity index is 1.93. The molecule has 0 unspecified atom stereocenters. The topological polar surface area (TPSA) is 72.9 Å². The van der Waals surface area contributed by atoms with Crippen molar-refractivity contribution in [1.29, 1.82) is 0 Å². The Morgan fingerprint density at radius 3 is 2.21 bits per heavy atom. The highest BCUT2D eigenvalue weighted by Crippen LogP contribution is 2.11. The number of amides is 1. The molecule has 2 N–H and O–H groups in total. The van der Waals surface area contributed by atoms with Crippen LogP contribution in [0.4, 0.5) is 0 Å². The van der Waals surface area contributed by atoms with Crippen molar-refractivity contribution in [3.05, 3.63) is 35.4 Å². The SMILES string of the molecule is CC(C)[C@@H](NC(=O)c1ccc(CN2CCN(C)CC2)cc1)C(=O)O. The van der Waals surface area contributed by atoms with E-state index in [9.17, 15) is 9.59 Å². The summed E-state index contributed by atoms with van der Waals surface area (Å²) >= 11 is 0. The fourth-order valence-corrected chi connectivity index (χ4v) is 2.76. The van der Waals surface area contributed by atoms with Crippen molar-refractivity contribution in [3.8, 4) is 0 Å². The second kappa shape index (κ2) is 8.26. The number of carbonyl (C=O) groups is 2. The molecule has 1 amide bonds. The summed E-state index contributed by atoms with van der Waals surface area (Å²) in [7, 11) is 2.13. The van der Waals surface area contributed by atoms with Crippen LogP contribution >= 0.6 is 0 Å². The molecule has 24 heavy (non-hydrogen) atoms. The Morgan fingerprint density at radius 1 is 1.12 bits per heavy atom. The van der Waals surface area contributed by atoms with E-state index < -0.39 is 12.0 Å². The van der Waals surface area contributed by atoms with Crippen LogP contribution in [0.2, 0.25) is 0 Å². The van der Waals surface area contributed by atoms with Gasteiger partial charge in [-0.25, -0.2) is 4.79 Å². The van der Waals surface area contributed by atoms with Gasteiger partial charge in [0.25, 0.3) is 5.91 Å². The molecule has 1 heterocycles. The Bertz CT molecular complexity index is 563. The number of carboxylic acid groups (broad SMARTS) is 1. The van der Waals surface area contributed by atoms with Crippen molar-refractivity contribution in [2.75, 3.05) is 33.2 Å². The fourth-order valence-electron chi connectivity index (χ4n) is 2.76. The van der Waals surface area contributed by atoms with E-state index >= 15 is 0 Å².